The number of aromatic amines is 1. The van der Waals surface area contributed by atoms with Crippen LogP contribution in [-0.4, -0.2) is 24.5 Å². The minimum absolute atomic E-state index is 0.136. The molecule has 0 aliphatic carbocycles. The maximum absolute atomic E-state index is 12.3. The molecule has 1 heterocycles. The number of aryl methyl sites for hydroxylation is 1. The Bertz CT molecular complexity index is 739. The molecule has 2 aromatic rings. The molecule has 8 heteroatoms. The number of H-pyrrole nitrogens is 1. The van der Waals surface area contributed by atoms with Crippen LogP contribution in [0.15, 0.2) is 35.5 Å². The molecule has 21 heavy (non-hydrogen) atoms. The first-order chi connectivity index (χ1) is 9.88. The molecule has 0 atom stereocenters. The summed E-state index contributed by atoms with van der Waals surface area (Å²) in [6, 6.07) is 4.75. The first-order valence-corrected chi connectivity index (χ1v) is 7.72. The van der Waals surface area contributed by atoms with Crippen LogP contribution in [0, 0.1) is 6.92 Å². The quantitative estimate of drug-likeness (QED) is 0.771. The van der Waals surface area contributed by atoms with Gasteiger partial charge < -0.3 is 5.32 Å². The lowest BCUT2D eigenvalue weighted by Crippen LogP contribution is -2.24. The monoisotopic (exact) mass is 308 g/mol. The number of hydrogen-bond donors (Lipinski definition) is 3. The molecule has 112 valence electrons. The summed E-state index contributed by atoms with van der Waals surface area (Å²) in [5, 5.41) is 8.94. The van der Waals surface area contributed by atoms with Crippen LogP contribution in [-0.2, 0) is 21.4 Å². The van der Waals surface area contributed by atoms with Gasteiger partial charge in [0.05, 0.1) is 11.1 Å². The Morgan fingerprint density at radius 3 is 2.76 bits per heavy atom. The maximum atomic E-state index is 12.3. The number of sulfonamides is 1. The van der Waals surface area contributed by atoms with Gasteiger partial charge in [-0.3, -0.25) is 9.89 Å². The van der Waals surface area contributed by atoms with Crippen molar-refractivity contribution in [3.8, 4) is 0 Å². The third-order valence-corrected chi connectivity index (χ3v) is 4.36. The average Bonchev–Trinajstić information content (AvgIpc) is 2.91. The van der Waals surface area contributed by atoms with Crippen LogP contribution in [0.1, 0.15) is 18.1 Å². The van der Waals surface area contributed by atoms with Crippen LogP contribution in [0.25, 0.3) is 0 Å². The van der Waals surface area contributed by atoms with E-state index in [0.717, 1.165) is 5.56 Å². The standard InChI is InChI=1S/C13H16N4O3S/c1-9-3-4-12(17-10(2)18)5-13(9)21(19,20)16-8-11-6-14-15-7-11/h3-7,16H,8H2,1-2H3,(H,14,15)(H,17,18). The molecule has 0 spiro atoms. The van der Waals surface area contributed by atoms with Crippen molar-refractivity contribution in [1.82, 2.24) is 14.9 Å². The van der Waals surface area contributed by atoms with Gasteiger partial charge in [0.15, 0.2) is 0 Å². The van der Waals surface area contributed by atoms with Gasteiger partial charge in [-0.25, -0.2) is 13.1 Å². The summed E-state index contributed by atoms with van der Waals surface area (Å²) < 4.78 is 27.2. The fourth-order valence-corrected chi connectivity index (χ4v) is 3.09. The zero-order valence-electron chi connectivity index (χ0n) is 11.7. The van der Waals surface area contributed by atoms with Crippen molar-refractivity contribution in [2.24, 2.45) is 0 Å². The number of aromatic nitrogens is 2. The highest BCUT2D eigenvalue weighted by Gasteiger charge is 2.17. The van der Waals surface area contributed by atoms with Crippen molar-refractivity contribution in [2.45, 2.75) is 25.3 Å². The molecule has 0 fully saturated rings. The highest BCUT2D eigenvalue weighted by molar-refractivity contribution is 7.89. The van der Waals surface area contributed by atoms with Gasteiger partial charge in [-0.2, -0.15) is 5.10 Å². The smallest absolute Gasteiger partial charge is 0.241 e. The van der Waals surface area contributed by atoms with Crippen LogP contribution in [0.5, 0.6) is 0 Å². The van der Waals surface area contributed by atoms with Crippen LogP contribution >= 0.6 is 0 Å². The SMILES string of the molecule is CC(=O)Nc1ccc(C)c(S(=O)(=O)NCc2cn[nH]c2)c1. The summed E-state index contributed by atoms with van der Waals surface area (Å²) >= 11 is 0. The summed E-state index contributed by atoms with van der Waals surface area (Å²) in [5.41, 5.74) is 1.77. The van der Waals surface area contributed by atoms with Crippen LogP contribution in [0.3, 0.4) is 0 Å². The van der Waals surface area contributed by atoms with Crippen LogP contribution in [0.2, 0.25) is 0 Å². The molecule has 3 N–H and O–H groups in total. The Hall–Kier alpha value is -2.19. The summed E-state index contributed by atoms with van der Waals surface area (Å²) in [6.07, 6.45) is 3.16. The molecular weight excluding hydrogens is 292 g/mol. The van der Waals surface area contributed by atoms with E-state index < -0.39 is 10.0 Å². The molecule has 0 aliphatic rings. The molecule has 7 nitrogen and oxygen atoms in total. The number of carbonyl (C=O) groups excluding carboxylic acids is 1. The number of anilines is 1. The first kappa shape index (κ1) is 15.2. The van der Waals surface area contributed by atoms with E-state index in [2.05, 4.69) is 20.2 Å². The van der Waals surface area contributed by atoms with Crippen molar-refractivity contribution in [2.75, 3.05) is 5.32 Å². The maximum Gasteiger partial charge on any atom is 0.241 e. The van der Waals surface area contributed by atoms with E-state index in [9.17, 15) is 13.2 Å². The number of nitrogens with one attached hydrogen (secondary N) is 3. The summed E-state index contributed by atoms with van der Waals surface area (Å²) in [6.45, 7) is 3.21. The summed E-state index contributed by atoms with van der Waals surface area (Å²) in [7, 11) is -3.67. The van der Waals surface area contributed by atoms with Gasteiger partial charge in [0.1, 0.15) is 0 Å². The first-order valence-electron chi connectivity index (χ1n) is 6.24. The molecule has 1 aromatic heterocycles. The molecule has 0 saturated heterocycles. The number of benzene rings is 1. The Morgan fingerprint density at radius 1 is 1.38 bits per heavy atom. The van der Waals surface area contributed by atoms with Gasteiger partial charge in [0, 0.05) is 30.9 Å². The highest BCUT2D eigenvalue weighted by Crippen LogP contribution is 2.20. The van der Waals surface area contributed by atoms with Crippen molar-refractivity contribution < 1.29 is 13.2 Å². The van der Waals surface area contributed by atoms with E-state index in [0.29, 0.717) is 11.3 Å². The van der Waals surface area contributed by atoms with Gasteiger partial charge >= 0.3 is 0 Å². The normalized spacial score (nSPS) is 11.3. The predicted octanol–water partition coefficient (Wildman–Crippen LogP) is 1.16. The third-order valence-electron chi connectivity index (χ3n) is 2.82. The van der Waals surface area contributed by atoms with Gasteiger partial charge in [0.2, 0.25) is 15.9 Å². The lowest BCUT2D eigenvalue weighted by molar-refractivity contribution is -0.114. The minimum atomic E-state index is -3.67. The van der Waals surface area contributed by atoms with E-state index in [4.69, 9.17) is 0 Å². The van der Waals surface area contributed by atoms with Gasteiger partial charge in [0.25, 0.3) is 0 Å². The van der Waals surface area contributed by atoms with E-state index in [1.807, 2.05) is 0 Å². The van der Waals surface area contributed by atoms with Crippen molar-refractivity contribution in [1.29, 1.82) is 0 Å². The summed E-state index contributed by atoms with van der Waals surface area (Å²) in [5.74, 6) is -0.256. The fraction of sp³-hybridized carbons (Fsp3) is 0.231. The molecule has 0 unspecified atom stereocenters. The molecule has 0 aliphatic heterocycles. The number of hydrogen-bond acceptors (Lipinski definition) is 4. The Morgan fingerprint density at radius 2 is 2.14 bits per heavy atom. The Balaban J connectivity index is 2.23. The molecular formula is C13H16N4O3S. The van der Waals surface area contributed by atoms with E-state index in [-0.39, 0.29) is 17.3 Å². The Kier molecular flexibility index (Phi) is 4.39. The van der Waals surface area contributed by atoms with E-state index in [1.54, 1.807) is 31.5 Å². The zero-order chi connectivity index (χ0) is 15.5. The highest BCUT2D eigenvalue weighted by atomic mass is 32.2. The van der Waals surface area contributed by atoms with Crippen molar-refractivity contribution in [3.05, 3.63) is 41.7 Å². The number of rotatable bonds is 5. The second kappa shape index (κ2) is 6.06. The third kappa shape index (κ3) is 3.89. The molecule has 0 radical (unpaired) electrons. The summed E-state index contributed by atoms with van der Waals surface area (Å²) in [4.78, 5) is 11.2. The average molecular weight is 308 g/mol. The fourth-order valence-electron chi connectivity index (χ4n) is 1.80. The number of nitrogens with zero attached hydrogens (tertiary/aromatic N) is 1. The number of amides is 1. The van der Waals surface area contributed by atoms with Crippen molar-refractivity contribution >= 4 is 21.6 Å². The predicted molar refractivity (Wildman–Crippen MR) is 78.1 cm³/mol. The second-order valence-corrected chi connectivity index (χ2v) is 6.33. The number of carbonyl (C=O) groups is 1. The topological polar surface area (TPSA) is 104 Å². The lowest BCUT2D eigenvalue weighted by atomic mass is 10.2. The second-order valence-electron chi connectivity index (χ2n) is 4.59. The van der Waals surface area contributed by atoms with Crippen LogP contribution in [0.4, 0.5) is 5.69 Å². The molecule has 0 saturated carbocycles. The zero-order valence-corrected chi connectivity index (χ0v) is 12.5. The van der Waals surface area contributed by atoms with Crippen LogP contribution < -0.4 is 10.0 Å². The molecule has 0 bridgehead atoms. The molecule has 2 rings (SSSR count). The van der Waals surface area contributed by atoms with Gasteiger partial charge in [-0.05, 0) is 24.6 Å². The van der Waals surface area contributed by atoms with Gasteiger partial charge in [-0.1, -0.05) is 6.07 Å². The minimum Gasteiger partial charge on any atom is -0.326 e. The van der Waals surface area contributed by atoms with Gasteiger partial charge in [-0.15, -0.1) is 0 Å². The lowest BCUT2D eigenvalue weighted by Gasteiger charge is -2.11. The van der Waals surface area contributed by atoms with Crippen molar-refractivity contribution in [3.63, 3.8) is 0 Å². The molecule has 1 amide bonds. The van der Waals surface area contributed by atoms with E-state index >= 15 is 0 Å². The largest absolute Gasteiger partial charge is 0.326 e. The molecule has 1 aromatic carbocycles. The Labute approximate surface area is 122 Å². The van der Waals surface area contributed by atoms with E-state index in [1.165, 1.54) is 13.0 Å².